The Morgan fingerprint density at radius 3 is 2.79 bits per heavy atom. The van der Waals surface area contributed by atoms with Gasteiger partial charge in [0.1, 0.15) is 0 Å². The molecule has 0 aliphatic carbocycles. The smallest absolute Gasteiger partial charge is 0.0942 e. The molecule has 0 saturated carbocycles. The van der Waals surface area contributed by atoms with Gasteiger partial charge in [-0.05, 0) is 53.3 Å². The number of hydrogen-bond donors (Lipinski definition) is 3. The fourth-order valence-corrected chi connectivity index (χ4v) is 1.39. The maximum absolute atomic E-state index is 9.13. The normalized spacial score (nSPS) is 12.6. The summed E-state index contributed by atoms with van der Waals surface area (Å²) in [4.78, 5) is 0. The minimum absolute atomic E-state index is 0.212. The summed E-state index contributed by atoms with van der Waals surface area (Å²) in [6.45, 7) is 2.20. The lowest BCUT2D eigenvalue weighted by molar-refractivity contribution is 0.105. The van der Waals surface area contributed by atoms with Crippen molar-refractivity contribution in [3.8, 4) is 0 Å². The van der Waals surface area contributed by atoms with E-state index >= 15 is 0 Å². The van der Waals surface area contributed by atoms with Gasteiger partial charge in [-0.1, -0.05) is 0 Å². The number of benzene rings is 1. The third-order valence-corrected chi connectivity index (χ3v) is 3.12. The summed E-state index contributed by atoms with van der Waals surface area (Å²) in [6.07, 6.45) is -0.699. The van der Waals surface area contributed by atoms with Crippen molar-refractivity contribution in [1.82, 2.24) is 0 Å². The summed E-state index contributed by atoms with van der Waals surface area (Å²) in [7, 11) is 0. The van der Waals surface area contributed by atoms with E-state index in [1.165, 1.54) is 9.13 Å². The molecular weight excluding hydrogens is 293 g/mol. The molecule has 0 heterocycles. The minimum Gasteiger partial charge on any atom is -0.394 e. The van der Waals surface area contributed by atoms with Gasteiger partial charge in [0.25, 0.3) is 0 Å². The maximum Gasteiger partial charge on any atom is 0.0942 e. The second-order valence-electron chi connectivity index (χ2n) is 3.18. The Kier molecular flexibility index (Phi) is 4.64. The Labute approximate surface area is 97.3 Å². The number of aryl methyl sites for hydroxylation is 1. The van der Waals surface area contributed by atoms with E-state index in [1.54, 1.807) is 0 Å². The van der Waals surface area contributed by atoms with Crippen LogP contribution in [0.25, 0.3) is 0 Å². The average Bonchev–Trinajstić information content (AvgIpc) is 2.19. The molecule has 1 aromatic carbocycles. The summed E-state index contributed by atoms with van der Waals surface area (Å²) in [5.41, 5.74) is 2.17. The molecule has 1 unspecified atom stereocenters. The molecule has 0 saturated heterocycles. The number of nitrogens with one attached hydrogen (secondary N) is 1. The van der Waals surface area contributed by atoms with E-state index in [0.29, 0.717) is 6.54 Å². The molecule has 14 heavy (non-hydrogen) atoms. The van der Waals surface area contributed by atoms with Crippen LogP contribution >= 0.6 is 22.6 Å². The van der Waals surface area contributed by atoms with Gasteiger partial charge in [-0.3, -0.25) is 0 Å². The molecule has 3 nitrogen and oxygen atoms in total. The zero-order valence-corrected chi connectivity index (χ0v) is 10.2. The van der Waals surface area contributed by atoms with E-state index in [2.05, 4.69) is 27.9 Å². The van der Waals surface area contributed by atoms with Gasteiger partial charge in [0.2, 0.25) is 0 Å². The van der Waals surface area contributed by atoms with Crippen LogP contribution in [0.5, 0.6) is 0 Å². The minimum atomic E-state index is -0.699. The lowest BCUT2D eigenvalue weighted by Gasteiger charge is -2.11. The van der Waals surface area contributed by atoms with E-state index in [9.17, 15) is 0 Å². The van der Waals surface area contributed by atoms with Gasteiger partial charge in [-0.25, -0.2) is 0 Å². The van der Waals surface area contributed by atoms with Crippen molar-refractivity contribution in [2.45, 2.75) is 13.0 Å². The first-order valence-electron chi connectivity index (χ1n) is 4.42. The predicted octanol–water partition coefficient (Wildman–Crippen LogP) is 1.36. The van der Waals surface area contributed by atoms with Crippen molar-refractivity contribution in [2.75, 3.05) is 18.5 Å². The maximum atomic E-state index is 9.13. The quantitative estimate of drug-likeness (QED) is 0.736. The largest absolute Gasteiger partial charge is 0.394 e. The highest BCUT2D eigenvalue weighted by Gasteiger charge is 2.01. The summed E-state index contributed by atoms with van der Waals surface area (Å²) in [5.74, 6) is 0. The Bertz CT molecular complexity index is 304. The highest BCUT2D eigenvalue weighted by atomic mass is 127. The highest BCUT2D eigenvalue weighted by molar-refractivity contribution is 14.1. The second kappa shape index (κ2) is 5.53. The standard InChI is InChI=1S/C10H14INO2/c1-7-4-8(2-3-10(7)11)12-5-9(14)6-13/h2-4,9,12-14H,5-6H2,1H3. The Morgan fingerprint density at radius 1 is 1.50 bits per heavy atom. The van der Waals surface area contributed by atoms with Crippen molar-refractivity contribution in [3.63, 3.8) is 0 Å². The first kappa shape index (κ1) is 11.7. The van der Waals surface area contributed by atoms with Crippen molar-refractivity contribution in [3.05, 3.63) is 27.3 Å². The van der Waals surface area contributed by atoms with Crippen LogP contribution in [0.2, 0.25) is 0 Å². The van der Waals surface area contributed by atoms with Gasteiger partial charge in [0.05, 0.1) is 12.7 Å². The summed E-state index contributed by atoms with van der Waals surface area (Å²) < 4.78 is 1.22. The Hall–Kier alpha value is -0.330. The fraction of sp³-hybridized carbons (Fsp3) is 0.400. The first-order chi connectivity index (χ1) is 6.63. The summed E-state index contributed by atoms with van der Waals surface area (Å²) >= 11 is 2.27. The molecule has 0 aliphatic heterocycles. The molecule has 0 aliphatic rings. The number of aliphatic hydroxyl groups excluding tert-OH is 2. The van der Waals surface area contributed by atoms with Crippen LogP contribution in [0, 0.1) is 10.5 Å². The zero-order valence-electron chi connectivity index (χ0n) is 8.00. The van der Waals surface area contributed by atoms with Gasteiger partial charge in [0, 0.05) is 15.8 Å². The van der Waals surface area contributed by atoms with Crippen LogP contribution < -0.4 is 5.32 Å². The van der Waals surface area contributed by atoms with E-state index < -0.39 is 6.10 Å². The van der Waals surface area contributed by atoms with Crippen LogP contribution in [0.1, 0.15) is 5.56 Å². The number of anilines is 1. The second-order valence-corrected chi connectivity index (χ2v) is 4.34. The third kappa shape index (κ3) is 3.43. The summed E-state index contributed by atoms with van der Waals surface area (Å²) in [6, 6.07) is 5.99. The van der Waals surface area contributed by atoms with E-state index in [4.69, 9.17) is 10.2 Å². The molecule has 1 rings (SSSR count). The zero-order chi connectivity index (χ0) is 10.6. The molecule has 0 spiro atoms. The van der Waals surface area contributed by atoms with Crippen molar-refractivity contribution < 1.29 is 10.2 Å². The molecular formula is C10H14INO2. The van der Waals surface area contributed by atoms with Crippen LogP contribution in [-0.4, -0.2) is 29.5 Å². The van der Waals surface area contributed by atoms with E-state index in [-0.39, 0.29) is 6.61 Å². The monoisotopic (exact) mass is 307 g/mol. The molecule has 0 aromatic heterocycles. The van der Waals surface area contributed by atoms with Crippen LogP contribution in [0.3, 0.4) is 0 Å². The summed E-state index contributed by atoms with van der Waals surface area (Å²) in [5, 5.41) is 20.8. The lowest BCUT2D eigenvalue weighted by atomic mass is 10.2. The number of halogens is 1. The molecule has 1 atom stereocenters. The van der Waals surface area contributed by atoms with Crippen LogP contribution in [-0.2, 0) is 0 Å². The van der Waals surface area contributed by atoms with Crippen molar-refractivity contribution in [1.29, 1.82) is 0 Å². The van der Waals surface area contributed by atoms with Gasteiger partial charge in [-0.2, -0.15) is 0 Å². The average molecular weight is 307 g/mol. The van der Waals surface area contributed by atoms with Gasteiger partial charge < -0.3 is 15.5 Å². The van der Waals surface area contributed by atoms with Crippen LogP contribution in [0.4, 0.5) is 5.69 Å². The third-order valence-electron chi connectivity index (χ3n) is 1.91. The molecule has 0 radical (unpaired) electrons. The van der Waals surface area contributed by atoms with E-state index in [0.717, 1.165) is 5.69 Å². The van der Waals surface area contributed by atoms with Gasteiger partial charge in [0.15, 0.2) is 0 Å². The van der Waals surface area contributed by atoms with Crippen LogP contribution in [0.15, 0.2) is 18.2 Å². The highest BCUT2D eigenvalue weighted by Crippen LogP contribution is 2.16. The topological polar surface area (TPSA) is 52.5 Å². The first-order valence-corrected chi connectivity index (χ1v) is 5.50. The van der Waals surface area contributed by atoms with Crippen molar-refractivity contribution in [2.24, 2.45) is 0 Å². The Morgan fingerprint density at radius 2 is 2.21 bits per heavy atom. The lowest BCUT2D eigenvalue weighted by Crippen LogP contribution is -2.22. The molecule has 1 aromatic rings. The molecule has 4 heteroatoms. The number of hydrogen-bond acceptors (Lipinski definition) is 3. The van der Waals surface area contributed by atoms with Crippen molar-refractivity contribution >= 4 is 28.3 Å². The number of aliphatic hydroxyl groups is 2. The fourth-order valence-electron chi connectivity index (χ4n) is 1.05. The Balaban J connectivity index is 2.55. The number of rotatable bonds is 4. The van der Waals surface area contributed by atoms with Gasteiger partial charge in [-0.15, -0.1) is 0 Å². The van der Waals surface area contributed by atoms with E-state index in [1.807, 2.05) is 25.1 Å². The van der Waals surface area contributed by atoms with Gasteiger partial charge >= 0.3 is 0 Å². The molecule has 3 N–H and O–H groups in total. The molecule has 0 bridgehead atoms. The molecule has 0 fully saturated rings. The predicted molar refractivity (Wildman–Crippen MR) is 65.5 cm³/mol. The molecule has 0 amide bonds. The molecule has 78 valence electrons. The SMILES string of the molecule is Cc1cc(NCC(O)CO)ccc1I.